The van der Waals surface area contributed by atoms with Gasteiger partial charge < -0.3 is 15.8 Å². The van der Waals surface area contributed by atoms with E-state index in [1.54, 1.807) is 50.5 Å². The molecule has 47 heavy (non-hydrogen) atoms. The molecule has 7 heteroatoms. The predicted octanol–water partition coefficient (Wildman–Crippen LogP) is 11.1. The molecule has 4 rings (SSSR count). The molecule has 0 bridgehead atoms. The molecule has 252 valence electrons. The van der Waals surface area contributed by atoms with Gasteiger partial charge in [0, 0.05) is 52.6 Å². The van der Waals surface area contributed by atoms with Gasteiger partial charge in [-0.1, -0.05) is 65.7 Å². The number of pyridine rings is 2. The van der Waals surface area contributed by atoms with Crippen molar-refractivity contribution < 1.29 is 14.7 Å². The number of aliphatic hydroxyl groups is 1. The van der Waals surface area contributed by atoms with Crippen LogP contribution in [-0.2, 0) is 0 Å². The summed E-state index contributed by atoms with van der Waals surface area (Å²) in [6.07, 6.45) is 8.49. The summed E-state index contributed by atoms with van der Waals surface area (Å²) in [6.45, 7) is 21.0. The molecule has 2 aromatic carbocycles. The molecule has 0 spiro atoms. The lowest BCUT2D eigenvalue weighted by molar-refractivity contribution is 0.0927. The zero-order valence-electron chi connectivity index (χ0n) is 29.8. The lowest BCUT2D eigenvalue weighted by Gasteiger charge is -2.13. The van der Waals surface area contributed by atoms with E-state index in [1.807, 2.05) is 65.8 Å². The number of fused-ring (bicyclic) bond motifs is 1. The first-order valence-corrected chi connectivity index (χ1v) is 16.5. The monoisotopic (exact) mass is 638 g/mol. The second-order valence-electron chi connectivity index (χ2n) is 11.5. The average Bonchev–Trinajstić information content (AvgIpc) is 3.05. The molecule has 0 aliphatic carbocycles. The molecule has 0 saturated heterocycles. The number of aliphatic hydroxyl groups excluding tert-OH is 1. The number of aryl methyl sites for hydroxylation is 2. The fourth-order valence-corrected chi connectivity index (χ4v) is 4.50. The molecule has 0 saturated carbocycles. The highest BCUT2D eigenvalue weighted by atomic mass is 16.3. The van der Waals surface area contributed by atoms with E-state index in [1.165, 1.54) is 12.8 Å². The largest absolute Gasteiger partial charge is 0.513 e. The van der Waals surface area contributed by atoms with Gasteiger partial charge in [0.15, 0.2) is 5.78 Å². The highest BCUT2D eigenvalue weighted by Gasteiger charge is 2.17. The van der Waals surface area contributed by atoms with Crippen LogP contribution >= 0.6 is 0 Å². The number of hydrogen-bond donors (Lipinski definition) is 3. The summed E-state index contributed by atoms with van der Waals surface area (Å²) in [5.74, 6) is 0.186. The van der Waals surface area contributed by atoms with Gasteiger partial charge in [0.25, 0.3) is 5.91 Å². The maximum atomic E-state index is 13.4. The lowest BCUT2D eigenvalue weighted by Crippen LogP contribution is -2.14. The summed E-state index contributed by atoms with van der Waals surface area (Å²) in [7, 11) is 0. The van der Waals surface area contributed by atoms with Gasteiger partial charge in [0.1, 0.15) is 0 Å². The number of nitrogens with one attached hydrogen (secondary N) is 2. The third kappa shape index (κ3) is 13.7. The Balaban J connectivity index is 0.000000668. The van der Waals surface area contributed by atoms with Crippen LogP contribution in [0.4, 0.5) is 5.69 Å². The van der Waals surface area contributed by atoms with E-state index < -0.39 is 0 Å². The molecule has 0 aliphatic heterocycles. The Labute approximate surface area is 282 Å². The number of aromatic nitrogens is 2. The van der Waals surface area contributed by atoms with Gasteiger partial charge in [-0.3, -0.25) is 14.6 Å². The average molecular weight is 639 g/mol. The summed E-state index contributed by atoms with van der Waals surface area (Å²) in [4.78, 5) is 34.8. The number of benzene rings is 2. The maximum Gasteiger partial charge on any atom is 0.256 e. The van der Waals surface area contributed by atoms with Crippen LogP contribution in [0.1, 0.15) is 112 Å². The number of allylic oxidation sites excluding steroid dienone is 1. The van der Waals surface area contributed by atoms with Crippen molar-refractivity contribution in [3.8, 4) is 11.3 Å². The van der Waals surface area contributed by atoms with Crippen LogP contribution < -0.4 is 5.32 Å². The third-order valence-corrected chi connectivity index (χ3v) is 7.01. The van der Waals surface area contributed by atoms with E-state index >= 15 is 0 Å². The minimum Gasteiger partial charge on any atom is -0.513 e. The molecule has 1 unspecified atom stereocenters. The zero-order valence-corrected chi connectivity index (χ0v) is 29.8. The number of nitrogens with zero attached hydrogens (tertiary/aromatic N) is 2. The Bertz CT molecular complexity index is 1590. The minimum absolute atomic E-state index is 0.0222. The quantitative estimate of drug-likeness (QED) is 0.0691. The van der Waals surface area contributed by atoms with Crippen molar-refractivity contribution in [1.82, 2.24) is 9.97 Å². The van der Waals surface area contributed by atoms with Crippen LogP contribution in [0.25, 0.3) is 22.2 Å². The van der Waals surface area contributed by atoms with Crippen LogP contribution in [0, 0.1) is 25.2 Å². The highest BCUT2D eigenvalue weighted by molar-refractivity contribution is 6.13. The predicted molar refractivity (Wildman–Crippen MR) is 199 cm³/mol. The maximum absolute atomic E-state index is 13.4. The van der Waals surface area contributed by atoms with Crippen LogP contribution in [-0.4, -0.2) is 32.5 Å². The molecule has 1 amide bonds. The number of ketones is 1. The minimum atomic E-state index is -0.224. The van der Waals surface area contributed by atoms with Crippen LogP contribution in [0.3, 0.4) is 0 Å². The van der Waals surface area contributed by atoms with Gasteiger partial charge in [-0.25, -0.2) is 4.98 Å². The summed E-state index contributed by atoms with van der Waals surface area (Å²) in [5.41, 5.74) is 6.92. The number of rotatable bonds is 10. The fourth-order valence-electron chi connectivity index (χ4n) is 4.50. The molecule has 0 fully saturated rings. The van der Waals surface area contributed by atoms with E-state index in [9.17, 15) is 9.59 Å². The number of hydrogen-bond acceptors (Lipinski definition) is 6. The van der Waals surface area contributed by atoms with Crippen molar-refractivity contribution in [2.75, 3.05) is 5.32 Å². The topological polar surface area (TPSA) is 116 Å². The number of amides is 1. The first-order chi connectivity index (χ1) is 22.4. The number of Topliss-reactive ketones (excluding diaryl/α,β-unsaturated/α-hetero) is 1. The van der Waals surface area contributed by atoms with Crippen molar-refractivity contribution in [3.63, 3.8) is 0 Å². The van der Waals surface area contributed by atoms with Crippen LogP contribution in [0.2, 0.25) is 0 Å². The molecule has 4 aromatic rings. The Kier molecular flexibility index (Phi) is 18.2. The van der Waals surface area contributed by atoms with Gasteiger partial charge in [-0.05, 0) is 94.6 Å². The molecule has 2 aromatic heterocycles. The summed E-state index contributed by atoms with van der Waals surface area (Å²) in [5, 5.41) is 18.9. The number of anilines is 1. The van der Waals surface area contributed by atoms with Crippen LogP contribution in [0.5, 0.6) is 0 Å². The van der Waals surface area contributed by atoms with Crippen molar-refractivity contribution in [1.29, 1.82) is 5.41 Å². The SMILES string of the molecule is C=C(O)CCCCC.CC.CC(C)=N.CCC(C)C(=O)c1ccc(NC(=O)c2cc(-c3cccnc3)nc3c(C)cc(C)cc23)cc1. The van der Waals surface area contributed by atoms with Crippen molar-refractivity contribution in [3.05, 3.63) is 102 Å². The van der Waals surface area contributed by atoms with Crippen molar-refractivity contribution in [2.45, 2.75) is 94.4 Å². The fraction of sp³-hybridized carbons (Fsp3) is 0.375. The van der Waals surface area contributed by atoms with E-state index in [0.29, 0.717) is 34.0 Å². The first kappa shape index (κ1) is 40.4. The number of carbonyl (C=O) groups excluding carboxylic acids is 2. The van der Waals surface area contributed by atoms with Gasteiger partial charge in [-0.15, -0.1) is 0 Å². The van der Waals surface area contributed by atoms with Gasteiger partial charge in [-0.2, -0.15) is 0 Å². The normalized spacial score (nSPS) is 10.6. The number of unbranched alkanes of at least 4 members (excludes halogenated alkanes) is 2. The third-order valence-electron chi connectivity index (χ3n) is 7.01. The van der Waals surface area contributed by atoms with E-state index in [-0.39, 0.29) is 17.6 Å². The molecule has 0 aliphatic rings. The van der Waals surface area contributed by atoms with Gasteiger partial charge in [0.2, 0.25) is 0 Å². The Hall–Kier alpha value is -4.65. The van der Waals surface area contributed by atoms with E-state index in [2.05, 4.69) is 29.9 Å². The molecule has 2 heterocycles. The number of carbonyl (C=O) groups is 2. The second kappa shape index (κ2) is 21.2. The Morgan fingerprint density at radius 2 is 1.64 bits per heavy atom. The van der Waals surface area contributed by atoms with Crippen molar-refractivity contribution in [2.24, 2.45) is 5.92 Å². The first-order valence-electron chi connectivity index (χ1n) is 16.5. The summed E-state index contributed by atoms with van der Waals surface area (Å²) >= 11 is 0. The molecular weight excluding hydrogens is 584 g/mol. The van der Waals surface area contributed by atoms with E-state index in [0.717, 1.165) is 46.9 Å². The summed E-state index contributed by atoms with van der Waals surface area (Å²) < 4.78 is 0. The van der Waals surface area contributed by atoms with Crippen LogP contribution in [0.15, 0.2) is 79.3 Å². The lowest BCUT2D eigenvalue weighted by atomic mass is 9.97. The highest BCUT2D eigenvalue weighted by Crippen LogP contribution is 2.28. The smallest absolute Gasteiger partial charge is 0.256 e. The Morgan fingerprint density at radius 3 is 2.17 bits per heavy atom. The van der Waals surface area contributed by atoms with E-state index in [4.69, 9.17) is 15.5 Å². The van der Waals surface area contributed by atoms with Gasteiger partial charge >= 0.3 is 0 Å². The molecule has 3 N–H and O–H groups in total. The Morgan fingerprint density at radius 1 is 1.00 bits per heavy atom. The van der Waals surface area contributed by atoms with Gasteiger partial charge in [0.05, 0.1) is 22.5 Å². The summed E-state index contributed by atoms with van der Waals surface area (Å²) in [6, 6.07) is 16.7. The molecule has 0 radical (unpaired) electrons. The van der Waals surface area contributed by atoms with Crippen molar-refractivity contribution >= 4 is 34.0 Å². The molecule has 7 nitrogen and oxygen atoms in total. The molecular formula is C40H54N4O3. The standard InChI is InChI=1S/C28H27N3O2.C7H14O.C3H7N.C2H6/c1-5-18(3)27(32)20-8-10-22(11-9-20)30-28(33)24-15-25(21-7-6-12-29-16-21)31-26-19(4)13-17(2)14-23(24)26;1-3-4-5-6-7(2)8;1-3(2)4;1-2/h6-16,18H,5H2,1-4H3,(H,30,33);8H,2-6H2,1H3;4H,1-2H3;1-2H3. The zero-order chi connectivity index (χ0) is 35.5. The second-order valence-corrected chi connectivity index (χ2v) is 11.5. The molecule has 1 atom stereocenters.